The summed E-state index contributed by atoms with van der Waals surface area (Å²) in [5.41, 5.74) is -0.542. The largest absolute Gasteiger partial charge is 2.00 e. The van der Waals surface area contributed by atoms with Crippen LogP contribution in [0.5, 0.6) is 0 Å². The normalized spacial score (nSPS) is 24.9. The van der Waals surface area contributed by atoms with Crippen molar-refractivity contribution in [2.45, 2.75) is 44.9 Å². The maximum absolute atomic E-state index is 11.5. The molecule has 0 radical (unpaired) electrons. The molecule has 0 spiro atoms. The van der Waals surface area contributed by atoms with E-state index in [0.717, 1.165) is 0 Å². The van der Waals surface area contributed by atoms with E-state index in [9.17, 15) is 9.59 Å². The summed E-state index contributed by atoms with van der Waals surface area (Å²) in [6.07, 6.45) is 1.87. The maximum atomic E-state index is 11.5. The second-order valence-electron chi connectivity index (χ2n) is 4.41. The van der Waals surface area contributed by atoms with E-state index in [-0.39, 0.29) is 27.1 Å². The molecular formula is C10H15NO3W. The van der Waals surface area contributed by atoms with Crippen molar-refractivity contribution in [3.05, 3.63) is 6.92 Å². The summed E-state index contributed by atoms with van der Waals surface area (Å²) < 4.78 is 5.11. The van der Waals surface area contributed by atoms with Gasteiger partial charge < -0.3 is 21.4 Å². The van der Waals surface area contributed by atoms with Gasteiger partial charge >= 0.3 is 27.2 Å². The second kappa shape index (κ2) is 5.11. The predicted molar refractivity (Wildman–Crippen MR) is 51.3 cm³/mol. The quantitative estimate of drug-likeness (QED) is 0.644. The Morgan fingerprint density at radius 1 is 1.53 bits per heavy atom. The first-order valence-electron chi connectivity index (χ1n) is 4.57. The maximum Gasteiger partial charge on any atom is 2.00 e. The summed E-state index contributed by atoms with van der Waals surface area (Å²) in [5.74, 6) is 0. The van der Waals surface area contributed by atoms with Gasteiger partial charge in [0.05, 0.1) is 0 Å². The topological polar surface area (TPSA) is 46.6 Å². The molecule has 0 aromatic heterocycles. The number of rotatable bonds is 1. The van der Waals surface area contributed by atoms with Gasteiger partial charge in [-0.2, -0.15) is 0 Å². The summed E-state index contributed by atoms with van der Waals surface area (Å²) >= 11 is 0. The number of carbonyl (C=O) groups excluding carboxylic acids is 2. The van der Waals surface area contributed by atoms with Crippen LogP contribution >= 0.6 is 0 Å². The average Bonchev–Trinajstić information content (AvgIpc) is 1.95. The average molecular weight is 381 g/mol. The fourth-order valence-corrected chi connectivity index (χ4v) is 1.30. The molecule has 0 bridgehead atoms. The number of carbonyl (C=O) groups is 1. The molecule has 2 unspecified atom stereocenters. The third-order valence-corrected chi connectivity index (χ3v) is 1.96. The molecule has 1 rings (SSSR count). The first-order chi connectivity index (χ1) is 6.35. The van der Waals surface area contributed by atoms with Gasteiger partial charge in [-0.3, -0.25) is 0 Å². The van der Waals surface area contributed by atoms with Gasteiger partial charge in [0.15, 0.2) is 0 Å². The van der Waals surface area contributed by atoms with Crippen molar-refractivity contribution in [1.29, 1.82) is 0 Å². The van der Waals surface area contributed by atoms with E-state index >= 15 is 0 Å². The van der Waals surface area contributed by atoms with Crippen molar-refractivity contribution < 1.29 is 35.4 Å². The summed E-state index contributed by atoms with van der Waals surface area (Å²) in [5, 5.41) is 0. The Kier molecular flexibility index (Phi) is 4.98. The first kappa shape index (κ1) is 14.6. The predicted octanol–water partition coefficient (Wildman–Crippen LogP) is 1.31. The van der Waals surface area contributed by atoms with Gasteiger partial charge in [0.25, 0.3) is 0 Å². The summed E-state index contributed by atoms with van der Waals surface area (Å²) in [4.78, 5) is 23.2. The number of hydrogen-bond donors (Lipinski definition) is 0. The first-order valence-corrected chi connectivity index (χ1v) is 4.57. The van der Waals surface area contributed by atoms with Crippen LogP contribution in [0.4, 0.5) is 4.79 Å². The molecule has 0 saturated carbocycles. The minimum Gasteiger partial charge on any atom is -0.540 e. The molecule has 0 aliphatic carbocycles. The number of hydrogen-bond acceptors (Lipinski definition) is 3. The molecular weight excluding hydrogens is 366 g/mol. The Labute approximate surface area is 105 Å². The van der Waals surface area contributed by atoms with Crippen LogP contribution in [0.2, 0.25) is 0 Å². The van der Waals surface area contributed by atoms with Crippen LogP contribution in [-0.2, 0) is 30.6 Å². The summed E-state index contributed by atoms with van der Waals surface area (Å²) in [6, 6.07) is -0.649. The molecule has 0 aromatic rings. The van der Waals surface area contributed by atoms with Gasteiger partial charge in [-0.15, -0.1) is 0 Å². The molecule has 1 aliphatic rings. The molecule has 84 valence electrons. The molecule has 0 N–H and O–H groups in total. The van der Waals surface area contributed by atoms with E-state index in [0.29, 0.717) is 6.42 Å². The number of nitrogens with zero attached hydrogens (tertiary/aromatic N) is 1. The Hall–Kier alpha value is -0.372. The fourth-order valence-electron chi connectivity index (χ4n) is 1.30. The Morgan fingerprint density at radius 2 is 2.07 bits per heavy atom. The van der Waals surface area contributed by atoms with Gasteiger partial charge in [-0.05, 0) is 20.8 Å². The summed E-state index contributed by atoms with van der Waals surface area (Å²) in [7, 11) is 0. The van der Waals surface area contributed by atoms with Crippen LogP contribution in [0.25, 0.3) is 0 Å². The molecule has 1 saturated heterocycles. The zero-order valence-electron chi connectivity index (χ0n) is 9.15. The number of ether oxygens (including phenoxy) is 1. The zero-order chi connectivity index (χ0) is 10.9. The van der Waals surface area contributed by atoms with Crippen LogP contribution < -0.4 is 0 Å². The van der Waals surface area contributed by atoms with Gasteiger partial charge in [-0.1, -0.05) is 18.5 Å². The third-order valence-electron chi connectivity index (χ3n) is 1.96. The van der Waals surface area contributed by atoms with Crippen molar-refractivity contribution in [3.8, 4) is 0 Å². The van der Waals surface area contributed by atoms with Crippen LogP contribution in [0.1, 0.15) is 27.2 Å². The van der Waals surface area contributed by atoms with Crippen LogP contribution in [0.3, 0.4) is 0 Å². The van der Waals surface area contributed by atoms with Gasteiger partial charge in [0.1, 0.15) is 5.60 Å². The fraction of sp³-hybridized carbons (Fsp3) is 0.700. The van der Waals surface area contributed by atoms with E-state index < -0.39 is 17.7 Å². The summed E-state index contributed by atoms with van der Waals surface area (Å²) in [6.45, 7) is 9.06. The Bertz CT molecular complexity index is 250. The second-order valence-corrected chi connectivity index (χ2v) is 4.41. The van der Waals surface area contributed by atoms with Crippen molar-refractivity contribution in [3.63, 3.8) is 0 Å². The molecule has 1 amide bonds. The molecule has 1 heterocycles. The van der Waals surface area contributed by atoms with E-state index in [2.05, 4.69) is 6.92 Å². The van der Waals surface area contributed by atoms with E-state index in [1.807, 2.05) is 0 Å². The minimum atomic E-state index is -0.542. The molecule has 15 heavy (non-hydrogen) atoms. The van der Waals surface area contributed by atoms with Crippen molar-refractivity contribution in [2.24, 2.45) is 0 Å². The van der Waals surface area contributed by atoms with Crippen LogP contribution in [0, 0.1) is 6.92 Å². The molecule has 2 atom stereocenters. The van der Waals surface area contributed by atoms with Crippen molar-refractivity contribution >= 4 is 12.4 Å². The smallest absolute Gasteiger partial charge is 0.540 e. The zero-order valence-corrected chi connectivity index (χ0v) is 12.1. The van der Waals surface area contributed by atoms with Gasteiger partial charge in [-0.25, -0.2) is 11.1 Å². The van der Waals surface area contributed by atoms with E-state index in [4.69, 9.17) is 4.74 Å². The SMILES string of the molecule is [CH2-]C1CC([C-]=O)N1C(=O)OC(C)(C)C.[W+2]. The molecule has 4 nitrogen and oxygen atoms in total. The van der Waals surface area contributed by atoms with Gasteiger partial charge in [0.2, 0.25) is 0 Å². The molecule has 5 heteroatoms. The third kappa shape index (κ3) is 3.60. The van der Waals surface area contributed by atoms with E-state index in [1.165, 1.54) is 4.90 Å². The van der Waals surface area contributed by atoms with Crippen LogP contribution in [0.15, 0.2) is 0 Å². The van der Waals surface area contributed by atoms with Crippen LogP contribution in [-0.4, -0.2) is 35.0 Å². The molecule has 0 aromatic carbocycles. The van der Waals surface area contributed by atoms with Crippen molar-refractivity contribution in [1.82, 2.24) is 4.90 Å². The minimum absolute atomic E-state index is 0. The Morgan fingerprint density at radius 3 is 2.40 bits per heavy atom. The van der Waals surface area contributed by atoms with Gasteiger partial charge in [0, 0.05) is 0 Å². The number of amides is 1. The monoisotopic (exact) mass is 381 g/mol. The molecule has 1 aliphatic heterocycles. The van der Waals surface area contributed by atoms with Crippen molar-refractivity contribution in [2.75, 3.05) is 0 Å². The molecule has 1 fully saturated rings. The standard InChI is InChI=1S/C10H15NO3.W/c1-7-5-8(6-12)11(7)9(13)14-10(2,3)4;/h7-8H,1,5H2,2-4H3;/q-2;+2. The van der Waals surface area contributed by atoms with E-state index in [1.54, 1.807) is 27.1 Å². The Balaban J connectivity index is 0.00000196. The number of likely N-dealkylation sites (tertiary alicyclic amines) is 1.